The number of halogens is 1. The Hall–Kier alpha value is -0.930. The van der Waals surface area contributed by atoms with Gasteiger partial charge in [-0.05, 0) is 25.3 Å². The molecule has 0 N–H and O–H groups in total. The van der Waals surface area contributed by atoms with Crippen LogP contribution < -0.4 is 0 Å². The molecule has 1 unspecified atom stereocenters. The fourth-order valence-electron chi connectivity index (χ4n) is 2.56. The molecule has 0 saturated carbocycles. The molecule has 1 atom stereocenters. The average Bonchev–Trinajstić information content (AvgIpc) is 2.81. The van der Waals surface area contributed by atoms with E-state index in [0.29, 0.717) is 18.8 Å². The third-order valence-corrected chi connectivity index (χ3v) is 3.47. The van der Waals surface area contributed by atoms with Gasteiger partial charge >= 0.3 is 0 Å². The fraction of sp³-hybridized carbons (Fsp3) is 0.600. The fourth-order valence-corrected chi connectivity index (χ4v) is 2.56. The lowest BCUT2D eigenvalue weighted by Gasteiger charge is -2.27. The number of hydrogen-bond acceptors (Lipinski definition) is 2. The van der Waals surface area contributed by atoms with E-state index in [4.69, 9.17) is 9.47 Å². The molecule has 0 spiro atoms. The van der Waals surface area contributed by atoms with Gasteiger partial charge in [0.2, 0.25) is 0 Å². The summed E-state index contributed by atoms with van der Waals surface area (Å²) >= 11 is 0. The monoisotopic (exact) mass is 252 g/mol. The van der Waals surface area contributed by atoms with Gasteiger partial charge in [-0.2, -0.15) is 0 Å². The van der Waals surface area contributed by atoms with Gasteiger partial charge in [-0.3, -0.25) is 0 Å². The van der Waals surface area contributed by atoms with Crippen LogP contribution in [0.15, 0.2) is 24.3 Å². The van der Waals surface area contributed by atoms with Gasteiger partial charge in [-0.15, -0.1) is 0 Å². The van der Waals surface area contributed by atoms with Gasteiger partial charge in [-0.25, -0.2) is 4.39 Å². The Balaban J connectivity index is 1.85. The van der Waals surface area contributed by atoms with Crippen molar-refractivity contribution in [1.82, 2.24) is 0 Å². The van der Waals surface area contributed by atoms with E-state index in [0.717, 1.165) is 32.3 Å². The Morgan fingerprint density at radius 3 is 2.89 bits per heavy atom. The Labute approximate surface area is 108 Å². The van der Waals surface area contributed by atoms with Crippen molar-refractivity contribution in [2.75, 3.05) is 13.2 Å². The average molecular weight is 252 g/mol. The minimum absolute atomic E-state index is 0.125. The molecule has 1 aromatic carbocycles. The zero-order valence-electron chi connectivity index (χ0n) is 11.0. The molecule has 1 aromatic rings. The Bertz CT molecular complexity index is 373. The normalized spacial score (nSPS) is 23.4. The molecule has 1 heterocycles. The summed E-state index contributed by atoms with van der Waals surface area (Å²) in [6.45, 7) is 3.86. The van der Waals surface area contributed by atoms with Crippen LogP contribution in [0.3, 0.4) is 0 Å². The highest BCUT2D eigenvalue weighted by molar-refractivity contribution is 5.16. The van der Waals surface area contributed by atoms with E-state index in [1.54, 1.807) is 12.1 Å². The second-order valence-corrected chi connectivity index (χ2v) is 4.97. The van der Waals surface area contributed by atoms with Crippen LogP contribution in [-0.4, -0.2) is 18.8 Å². The summed E-state index contributed by atoms with van der Waals surface area (Å²) in [6, 6.07) is 6.75. The molecular formula is C15H21FO2. The highest BCUT2D eigenvalue weighted by Crippen LogP contribution is 2.31. The van der Waals surface area contributed by atoms with E-state index in [1.165, 1.54) is 6.07 Å². The first-order valence-electron chi connectivity index (χ1n) is 6.71. The highest BCUT2D eigenvalue weighted by atomic mass is 19.1. The van der Waals surface area contributed by atoms with Gasteiger partial charge in [0.25, 0.3) is 0 Å². The lowest BCUT2D eigenvalue weighted by molar-refractivity contribution is -0.0732. The molecular weight excluding hydrogens is 231 g/mol. The summed E-state index contributed by atoms with van der Waals surface area (Å²) in [6.07, 6.45) is 4.26. The molecule has 0 radical (unpaired) electrons. The maximum absolute atomic E-state index is 13.4. The Morgan fingerprint density at radius 2 is 2.22 bits per heavy atom. The second kappa shape index (κ2) is 6.30. The van der Waals surface area contributed by atoms with Gasteiger partial charge in [0.1, 0.15) is 5.82 Å². The van der Waals surface area contributed by atoms with Gasteiger partial charge in [-0.1, -0.05) is 31.5 Å². The molecule has 1 saturated heterocycles. The van der Waals surface area contributed by atoms with Crippen molar-refractivity contribution < 1.29 is 13.9 Å². The summed E-state index contributed by atoms with van der Waals surface area (Å²) in [7, 11) is 0. The highest BCUT2D eigenvalue weighted by Gasteiger charge is 2.34. The molecule has 0 amide bonds. The van der Waals surface area contributed by atoms with Crippen LogP contribution in [0.2, 0.25) is 0 Å². The summed E-state index contributed by atoms with van der Waals surface area (Å²) < 4.78 is 24.9. The number of ether oxygens (including phenoxy) is 2. The number of rotatable bonds is 6. The Kier molecular flexibility index (Phi) is 4.72. The minimum Gasteiger partial charge on any atom is -0.374 e. The van der Waals surface area contributed by atoms with E-state index < -0.39 is 0 Å². The standard InChI is InChI=1S/C15H21FO2/c1-2-8-15(9-5-10-18-15)12-17-11-13-6-3-4-7-14(13)16/h3-4,6-7H,2,5,8-12H2,1H3. The van der Waals surface area contributed by atoms with Crippen molar-refractivity contribution in [3.8, 4) is 0 Å². The topological polar surface area (TPSA) is 18.5 Å². The molecule has 1 aliphatic heterocycles. The summed E-state index contributed by atoms with van der Waals surface area (Å²) in [5.41, 5.74) is 0.488. The quantitative estimate of drug-likeness (QED) is 0.768. The smallest absolute Gasteiger partial charge is 0.128 e. The molecule has 1 fully saturated rings. The minimum atomic E-state index is -0.200. The third-order valence-electron chi connectivity index (χ3n) is 3.47. The maximum Gasteiger partial charge on any atom is 0.128 e. The predicted molar refractivity (Wildman–Crippen MR) is 68.9 cm³/mol. The lowest BCUT2D eigenvalue weighted by atomic mass is 9.95. The van der Waals surface area contributed by atoms with Crippen LogP contribution in [0.1, 0.15) is 38.2 Å². The molecule has 3 heteroatoms. The molecule has 2 nitrogen and oxygen atoms in total. The molecule has 100 valence electrons. The van der Waals surface area contributed by atoms with Crippen LogP contribution in [0.4, 0.5) is 4.39 Å². The molecule has 0 aliphatic carbocycles. The molecule has 0 bridgehead atoms. The first kappa shape index (κ1) is 13.5. The van der Waals surface area contributed by atoms with Crippen LogP contribution in [0.5, 0.6) is 0 Å². The number of hydrogen-bond donors (Lipinski definition) is 0. The Morgan fingerprint density at radius 1 is 1.39 bits per heavy atom. The van der Waals surface area contributed by atoms with Crippen molar-refractivity contribution in [3.05, 3.63) is 35.6 Å². The second-order valence-electron chi connectivity index (χ2n) is 4.97. The third kappa shape index (κ3) is 3.30. The molecule has 0 aromatic heterocycles. The van der Waals surface area contributed by atoms with Crippen LogP contribution in [0, 0.1) is 5.82 Å². The van der Waals surface area contributed by atoms with Crippen molar-refractivity contribution in [2.24, 2.45) is 0 Å². The predicted octanol–water partition coefficient (Wildman–Crippen LogP) is 3.69. The van der Waals surface area contributed by atoms with Crippen molar-refractivity contribution in [3.63, 3.8) is 0 Å². The van der Waals surface area contributed by atoms with Crippen molar-refractivity contribution >= 4 is 0 Å². The van der Waals surface area contributed by atoms with Crippen LogP contribution in [0.25, 0.3) is 0 Å². The largest absolute Gasteiger partial charge is 0.374 e. The van der Waals surface area contributed by atoms with Gasteiger partial charge < -0.3 is 9.47 Å². The molecule has 2 rings (SSSR count). The number of benzene rings is 1. The van der Waals surface area contributed by atoms with Gasteiger partial charge in [0.15, 0.2) is 0 Å². The van der Waals surface area contributed by atoms with E-state index in [2.05, 4.69) is 6.92 Å². The van der Waals surface area contributed by atoms with Gasteiger partial charge in [0.05, 0.1) is 18.8 Å². The summed E-state index contributed by atoms with van der Waals surface area (Å²) in [4.78, 5) is 0. The summed E-state index contributed by atoms with van der Waals surface area (Å²) in [5.74, 6) is -0.200. The maximum atomic E-state index is 13.4. The van der Waals surface area contributed by atoms with E-state index in [9.17, 15) is 4.39 Å². The first-order valence-corrected chi connectivity index (χ1v) is 6.71. The van der Waals surface area contributed by atoms with Crippen LogP contribution >= 0.6 is 0 Å². The van der Waals surface area contributed by atoms with E-state index in [1.807, 2.05) is 6.07 Å². The zero-order valence-corrected chi connectivity index (χ0v) is 11.0. The molecule has 18 heavy (non-hydrogen) atoms. The zero-order chi connectivity index (χ0) is 12.8. The SMILES string of the molecule is CCCC1(COCc2ccccc2F)CCCO1. The van der Waals surface area contributed by atoms with Crippen LogP contribution in [-0.2, 0) is 16.1 Å². The van der Waals surface area contributed by atoms with Gasteiger partial charge in [0, 0.05) is 12.2 Å². The van der Waals surface area contributed by atoms with Crippen molar-refractivity contribution in [1.29, 1.82) is 0 Å². The summed E-state index contributed by atoms with van der Waals surface area (Å²) in [5, 5.41) is 0. The van der Waals surface area contributed by atoms with Crippen molar-refractivity contribution in [2.45, 2.75) is 44.8 Å². The lowest BCUT2D eigenvalue weighted by Crippen LogP contribution is -2.33. The molecule has 1 aliphatic rings. The first-order chi connectivity index (χ1) is 8.76. The van der Waals surface area contributed by atoms with E-state index >= 15 is 0 Å². The van der Waals surface area contributed by atoms with E-state index in [-0.39, 0.29) is 11.4 Å².